The molecule has 0 aliphatic heterocycles. The lowest BCUT2D eigenvalue weighted by Gasteiger charge is -1.99. The van der Waals surface area contributed by atoms with E-state index >= 15 is 0 Å². The molecule has 0 radical (unpaired) electrons. The van der Waals surface area contributed by atoms with Gasteiger partial charge in [0.25, 0.3) is 0 Å². The van der Waals surface area contributed by atoms with Crippen LogP contribution in [0.25, 0.3) is 11.0 Å². The van der Waals surface area contributed by atoms with Crippen molar-refractivity contribution in [3.05, 3.63) is 29.6 Å². The molecular weight excluding hydrogens is 242 g/mol. The van der Waals surface area contributed by atoms with Gasteiger partial charge in [0, 0.05) is 30.2 Å². The van der Waals surface area contributed by atoms with Crippen molar-refractivity contribution in [2.45, 2.75) is 6.54 Å². The van der Waals surface area contributed by atoms with Gasteiger partial charge in [0.05, 0.1) is 11.1 Å². The fourth-order valence-electron chi connectivity index (χ4n) is 1.66. The number of rotatable bonds is 3. The van der Waals surface area contributed by atoms with E-state index in [1.54, 1.807) is 4.57 Å². The summed E-state index contributed by atoms with van der Waals surface area (Å²) < 4.78 is 1.67. The molecular formula is C11H8ClN3O2. The van der Waals surface area contributed by atoms with E-state index in [9.17, 15) is 4.79 Å². The number of hydrogen-bond acceptors (Lipinski definition) is 3. The summed E-state index contributed by atoms with van der Waals surface area (Å²) in [7, 11) is 0. The van der Waals surface area contributed by atoms with Crippen molar-refractivity contribution in [3.8, 4) is 6.07 Å². The van der Waals surface area contributed by atoms with Crippen LogP contribution in [-0.2, 0) is 6.54 Å². The van der Waals surface area contributed by atoms with Gasteiger partial charge >= 0.3 is 5.97 Å². The van der Waals surface area contributed by atoms with E-state index in [4.69, 9.17) is 22.0 Å². The van der Waals surface area contributed by atoms with Crippen LogP contribution in [-0.4, -0.2) is 26.5 Å². The number of carboxylic acid groups (broad SMARTS) is 1. The fraction of sp³-hybridized carbons (Fsp3) is 0.182. The number of aromatic nitrogens is 2. The Labute approximate surface area is 102 Å². The maximum absolute atomic E-state index is 11.1. The molecule has 0 aliphatic rings. The first kappa shape index (κ1) is 11.4. The molecule has 0 saturated heterocycles. The van der Waals surface area contributed by atoms with Crippen molar-refractivity contribution in [1.29, 1.82) is 5.26 Å². The predicted molar refractivity (Wildman–Crippen MR) is 62.1 cm³/mol. The molecule has 0 saturated carbocycles. The van der Waals surface area contributed by atoms with Crippen LogP contribution >= 0.6 is 11.6 Å². The molecule has 0 fully saturated rings. The van der Waals surface area contributed by atoms with Crippen LogP contribution in [0.2, 0.25) is 0 Å². The molecule has 0 amide bonds. The van der Waals surface area contributed by atoms with E-state index in [0.29, 0.717) is 29.0 Å². The summed E-state index contributed by atoms with van der Waals surface area (Å²) in [5, 5.41) is 18.3. The Morgan fingerprint density at radius 1 is 1.65 bits per heavy atom. The van der Waals surface area contributed by atoms with E-state index in [0.717, 1.165) is 0 Å². The van der Waals surface area contributed by atoms with Gasteiger partial charge in [0.2, 0.25) is 0 Å². The zero-order valence-corrected chi connectivity index (χ0v) is 9.48. The molecule has 5 nitrogen and oxygen atoms in total. The Kier molecular flexibility index (Phi) is 2.98. The Morgan fingerprint density at radius 2 is 2.41 bits per heavy atom. The van der Waals surface area contributed by atoms with Crippen LogP contribution in [0.1, 0.15) is 15.9 Å². The highest BCUT2D eigenvalue weighted by Crippen LogP contribution is 2.20. The van der Waals surface area contributed by atoms with Gasteiger partial charge in [-0.1, -0.05) is 0 Å². The lowest BCUT2D eigenvalue weighted by atomic mass is 10.2. The summed E-state index contributed by atoms with van der Waals surface area (Å²) in [5.74, 6) is -0.676. The first-order valence-corrected chi connectivity index (χ1v) is 5.39. The van der Waals surface area contributed by atoms with Crippen LogP contribution in [0, 0.1) is 11.3 Å². The molecule has 1 N–H and O–H groups in total. The Morgan fingerprint density at radius 3 is 3.00 bits per heavy atom. The third-order valence-corrected chi connectivity index (χ3v) is 2.57. The average molecular weight is 250 g/mol. The molecule has 2 aromatic rings. The van der Waals surface area contributed by atoms with E-state index in [2.05, 4.69) is 4.98 Å². The summed E-state index contributed by atoms with van der Waals surface area (Å²) in [6, 6.07) is 3.46. The summed E-state index contributed by atoms with van der Waals surface area (Å²) in [4.78, 5) is 15.2. The van der Waals surface area contributed by atoms with Crippen LogP contribution in [0.15, 0.2) is 18.5 Å². The number of carboxylic acids is 1. The molecule has 0 atom stereocenters. The molecule has 2 heterocycles. The number of nitriles is 1. The monoisotopic (exact) mass is 249 g/mol. The van der Waals surface area contributed by atoms with Gasteiger partial charge in [-0.25, -0.2) is 9.78 Å². The molecule has 17 heavy (non-hydrogen) atoms. The van der Waals surface area contributed by atoms with Crippen molar-refractivity contribution in [2.75, 3.05) is 5.88 Å². The lowest BCUT2D eigenvalue weighted by molar-refractivity contribution is 0.0699. The van der Waals surface area contributed by atoms with Crippen LogP contribution < -0.4 is 0 Å². The lowest BCUT2D eigenvalue weighted by Crippen LogP contribution is -1.98. The van der Waals surface area contributed by atoms with E-state index in [-0.39, 0.29) is 5.56 Å². The van der Waals surface area contributed by atoms with Crippen molar-refractivity contribution in [3.63, 3.8) is 0 Å². The minimum atomic E-state index is -1.04. The minimum Gasteiger partial charge on any atom is -0.478 e. The number of aromatic carboxylic acids is 1. The number of nitrogens with zero attached hydrogens (tertiary/aromatic N) is 3. The van der Waals surface area contributed by atoms with Crippen molar-refractivity contribution < 1.29 is 9.90 Å². The predicted octanol–water partition coefficient (Wildman–Crippen LogP) is 1.84. The molecule has 2 aromatic heterocycles. The molecule has 6 heteroatoms. The van der Waals surface area contributed by atoms with Gasteiger partial charge in [0.15, 0.2) is 0 Å². The molecule has 0 bridgehead atoms. The summed E-state index contributed by atoms with van der Waals surface area (Å²) in [6.07, 6.45) is 2.90. The van der Waals surface area contributed by atoms with Gasteiger partial charge in [-0.15, -0.1) is 11.6 Å². The van der Waals surface area contributed by atoms with Crippen LogP contribution in [0.3, 0.4) is 0 Å². The first-order valence-electron chi connectivity index (χ1n) is 4.85. The second-order valence-corrected chi connectivity index (χ2v) is 3.82. The van der Waals surface area contributed by atoms with Crippen LogP contribution in [0.4, 0.5) is 0 Å². The molecule has 0 unspecified atom stereocenters. The van der Waals surface area contributed by atoms with E-state index < -0.39 is 5.97 Å². The zero-order chi connectivity index (χ0) is 12.4. The van der Waals surface area contributed by atoms with Gasteiger partial charge in [-0.05, 0) is 6.07 Å². The van der Waals surface area contributed by atoms with E-state index in [1.807, 2.05) is 6.07 Å². The number of hydrogen-bond donors (Lipinski definition) is 1. The second kappa shape index (κ2) is 4.44. The Bertz CT molecular complexity index is 627. The Hall–Kier alpha value is -2.06. The van der Waals surface area contributed by atoms with Gasteiger partial charge in [-0.3, -0.25) is 0 Å². The first-order chi connectivity index (χ1) is 8.17. The second-order valence-electron chi connectivity index (χ2n) is 3.44. The molecule has 0 aliphatic carbocycles. The average Bonchev–Trinajstić information content (AvgIpc) is 2.68. The Balaban J connectivity index is 2.73. The van der Waals surface area contributed by atoms with Gasteiger partial charge in [-0.2, -0.15) is 5.26 Å². The van der Waals surface area contributed by atoms with Gasteiger partial charge in [0.1, 0.15) is 11.7 Å². The topological polar surface area (TPSA) is 78.9 Å². The standard InChI is InChI=1S/C11H8ClN3O2/c12-1-2-15-6-9(11(16)17)8-3-7(4-13)5-14-10(8)15/h3,5-6H,1-2H2,(H,16,17). The van der Waals surface area contributed by atoms with Crippen LogP contribution in [0.5, 0.6) is 0 Å². The highest BCUT2D eigenvalue weighted by Gasteiger charge is 2.15. The summed E-state index contributed by atoms with van der Waals surface area (Å²) >= 11 is 5.64. The number of carbonyl (C=O) groups is 1. The number of pyridine rings is 1. The maximum atomic E-state index is 11.1. The highest BCUT2D eigenvalue weighted by atomic mass is 35.5. The third-order valence-electron chi connectivity index (χ3n) is 2.40. The van der Waals surface area contributed by atoms with Crippen molar-refractivity contribution in [1.82, 2.24) is 9.55 Å². The number of alkyl halides is 1. The molecule has 2 rings (SSSR count). The van der Waals surface area contributed by atoms with E-state index in [1.165, 1.54) is 18.5 Å². The normalized spacial score (nSPS) is 10.4. The number of halogens is 1. The van der Waals surface area contributed by atoms with Crippen molar-refractivity contribution in [2.24, 2.45) is 0 Å². The van der Waals surface area contributed by atoms with Gasteiger partial charge < -0.3 is 9.67 Å². The SMILES string of the molecule is N#Cc1cnc2c(c1)c(C(=O)O)cn2CCCl. The maximum Gasteiger partial charge on any atom is 0.337 e. The molecule has 0 spiro atoms. The summed E-state index contributed by atoms with van der Waals surface area (Å²) in [5.41, 5.74) is 1.00. The summed E-state index contributed by atoms with van der Waals surface area (Å²) in [6.45, 7) is 0.476. The number of aryl methyl sites for hydroxylation is 1. The number of fused-ring (bicyclic) bond motifs is 1. The zero-order valence-electron chi connectivity index (χ0n) is 8.72. The minimum absolute atomic E-state index is 0.134. The highest BCUT2D eigenvalue weighted by molar-refractivity contribution is 6.17. The quantitative estimate of drug-likeness (QED) is 0.842. The molecule has 86 valence electrons. The smallest absolute Gasteiger partial charge is 0.337 e. The largest absolute Gasteiger partial charge is 0.478 e. The third kappa shape index (κ3) is 1.95. The van der Waals surface area contributed by atoms with Crippen molar-refractivity contribution >= 4 is 28.6 Å². The fourth-order valence-corrected chi connectivity index (χ4v) is 1.85. The molecule has 0 aromatic carbocycles.